The normalized spacial score (nSPS) is 20.9. The number of hydrogen-bond donors (Lipinski definition) is 0. The summed E-state index contributed by atoms with van der Waals surface area (Å²) in [5.41, 5.74) is 0.105. The number of halogens is 2. The van der Waals surface area contributed by atoms with Gasteiger partial charge in [-0.15, -0.1) is 24.8 Å². The summed E-state index contributed by atoms with van der Waals surface area (Å²) in [5, 5.41) is 0. The van der Waals surface area contributed by atoms with Crippen molar-refractivity contribution in [2.24, 2.45) is 0 Å². The number of piperidine rings is 1. The minimum absolute atomic E-state index is 0. The highest BCUT2D eigenvalue weighted by atomic mass is 35.5. The Balaban J connectivity index is 0.00000306. The summed E-state index contributed by atoms with van der Waals surface area (Å²) in [6, 6.07) is 7.23. The molecule has 2 saturated heterocycles. The van der Waals surface area contributed by atoms with E-state index in [0.717, 1.165) is 18.7 Å². The van der Waals surface area contributed by atoms with Crippen LogP contribution in [-0.4, -0.2) is 83.7 Å². The van der Waals surface area contributed by atoms with Crippen LogP contribution in [0.15, 0.2) is 24.3 Å². The van der Waals surface area contributed by atoms with Gasteiger partial charge in [0.05, 0.1) is 6.61 Å². The number of piperazine rings is 1. The Morgan fingerprint density at radius 3 is 2.06 bits per heavy atom. The summed E-state index contributed by atoms with van der Waals surface area (Å²) in [6.07, 6.45) is 4.66. The van der Waals surface area contributed by atoms with Crippen LogP contribution < -0.4 is 4.74 Å². The van der Waals surface area contributed by atoms with Gasteiger partial charge in [-0.2, -0.15) is 0 Å². The van der Waals surface area contributed by atoms with Gasteiger partial charge in [0.15, 0.2) is 0 Å². The van der Waals surface area contributed by atoms with Crippen LogP contribution in [0.25, 0.3) is 0 Å². The SMILES string of the molecule is C[C@@H]1CN(C(=O)OC(C)(C)C)C[C@H](C)N1C(=O)c1ccc(OCCCN2CCCCC2)cc1.Cl.Cl. The van der Waals surface area contributed by atoms with E-state index in [4.69, 9.17) is 9.47 Å². The molecule has 2 atom stereocenters. The Bertz CT molecular complexity index is 783. The van der Waals surface area contributed by atoms with Gasteiger partial charge in [-0.1, -0.05) is 6.42 Å². The Kier molecular flexibility index (Phi) is 12.7. The Morgan fingerprint density at radius 1 is 0.943 bits per heavy atom. The second-order valence-electron chi connectivity index (χ2n) is 10.4. The predicted octanol–water partition coefficient (Wildman–Crippen LogP) is 5.25. The first-order chi connectivity index (χ1) is 15.6. The van der Waals surface area contributed by atoms with Crippen molar-refractivity contribution in [3.05, 3.63) is 29.8 Å². The molecule has 0 unspecified atom stereocenters. The summed E-state index contributed by atoms with van der Waals surface area (Å²) in [6.45, 7) is 14.6. The lowest BCUT2D eigenvalue weighted by molar-refractivity contribution is -0.00488. The van der Waals surface area contributed by atoms with Crippen molar-refractivity contribution in [1.29, 1.82) is 0 Å². The van der Waals surface area contributed by atoms with Crippen molar-refractivity contribution in [2.75, 3.05) is 39.3 Å². The Hall–Kier alpha value is -1.70. The van der Waals surface area contributed by atoms with Gasteiger partial charge in [0.2, 0.25) is 0 Å². The highest BCUT2D eigenvalue weighted by molar-refractivity contribution is 5.95. The smallest absolute Gasteiger partial charge is 0.410 e. The molecule has 0 spiro atoms. The first kappa shape index (κ1) is 31.3. The summed E-state index contributed by atoms with van der Waals surface area (Å²) in [5.74, 6) is 0.775. The van der Waals surface area contributed by atoms with Crippen molar-refractivity contribution in [1.82, 2.24) is 14.7 Å². The van der Waals surface area contributed by atoms with E-state index in [0.29, 0.717) is 25.3 Å². The van der Waals surface area contributed by atoms with Gasteiger partial charge < -0.3 is 24.2 Å². The van der Waals surface area contributed by atoms with E-state index in [9.17, 15) is 9.59 Å². The molecule has 0 N–H and O–H groups in total. The molecule has 0 aliphatic carbocycles. The number of likely N-dealkylation sites (tertiary alicyclic amines) is 1. The van der Waals surface area contributed by atoms with E-state index in [2.05, 4.69) is 4.90 Å². The van der Waals surface area contributed by atoms with Gasteiger partial charge in [0, 0.05) is 37.3 Å². The summed E-state index contributed by atoms with van der Waals surface area (Å²) in [4.78, 5) is 31.8. The number of nitrogens with zero attached hydrogens (tertiary/aromatic N) is 3. The second kappa shape index (κ2) is 14.1. The van der Waals surface area contributed by atoms with E-state index in [1.807, 2.05) is 63.8 Å². The third kappa shape index (κ3) is 9.36. The van der Waals surface area contributed by atoms with Crippen LogP contribution in [0.2, 0.25) is 0 Å². The molecule has 2 aliphatic heterocycles. The van der Waals surface area contributed by atoms with E-state index >= 15 is 0 Å². The first-order valence-corrected chi connectivity index (χ1v) is 12.4. The van der Waals surface area contributed by atoms with E-state index in [-0.39, 0.29) is 48.9 Å². The van der Waals surface area contributed by atoms with Crippen molar-refractivity contribution in [2.45, 2.75) is 78.0 Å². The molecule has 35 heavy (non-hydrogen) atoms. The van der Waals surface area contributed by atoms with Gasteiger partial charge in [-0.05, 0) is 91.2 Å². The topological polar surface area (TPSA) is 62.3 Å². The molecule has 2 heterocycles. The number of ether oxygens (including phenoxy) is 2. The predicted molar refractivity (Wildman–Crippen MR) is 144 cm³/mol. The van der Waals surface area contributed by atoms with Crippen molar-refractivity contribution in [3.8, 4) is 5.75 Å². The van der Waals surface area contributed by atoms with Gasteiger partial charge in [0.1, 0.15) is 11.4 Å². The molecule has 7 nitrogen and oxygen atoms in total. The Labute approximate surface area is 223 Å². The van der Waals surface area contributed by atoms with Crippen LogP contribution in [0.1, 0.15) is 70.7 Å². The molecule has 1 aromatic rings. The van der Waals surface area contributed by atoms with Gasteiger partial charge >= 0.3 is 6.09 Å². The Morgan fingerprint density at radius 2 is 1.51 bits per heavy atom. The van der Waals surface area contributed by atoms with Crippen LogP contribution in [0.3, 0.4) is 0 Å². The maximum Gasteiger partial charge on any atom is 0.410 e. The summed E-state index contributed by atoms with van der Waals surface area (Å²) in [7, 11) is 0. The number of carbonyl (C=O) groups excluding carboxylic acids is 2. The molecule has 0 bridgehead atoms. The van der Waals surface area contributed by atoms with Crippen LogP contribution in [0.5, 0.6) is 5.75 Å². The van der Waals surface area contributed by atoms with E-state index in [1.165, 1.54) is 32.4 Å². The molecular formula is C26H43Cl2N3O4. The average Bonchev–Trinajstić information content (AvgIpc) is 2.76. The van der Waals surface area contributed by atoms with Gasteiger partial charge in [-0.3, -0.25) is 4.79 Å². The monoisotopic (exact) mass is 531 g/mol. The number of hydrogen-bond acceptors (Lipinski definition) is 5. The zero-order valence-corrected chi connectivity index (χ0v) is 23.5. The summed E-state index contributed by atoms with van der Waals surface area (Å²) >= 11 is 0. The molecule has 0 saturated carbocycles. The fraction of sp³-hybridized carbons (Fsp3) is 0.692. The van der Waals surface area contributed by atoms with Crippen molar-refractivity contribution in [3.63, 3.8) is 0 Å². The third-order valence-electron chi connectivity index (χ3n) is 6.24. The minimum Gasteiger partial charge on any atom is -0.494 e. The number of carbonyl (C=O) groups is 2. The zero-order valence-electron chi connectivity index (χ0n) is 21.8. The average molecular weight is 533 g/mol. The van der Waals surface area contributed by atoms with Crippen LogP contribution in [0, 0.1) is 0 Å². The lowest BCUT2D eigenvalue weighted by Gasteiger charge is -2.44. The highest BCUT2D eigenvalue weighted by Gasteiger charge is 2.36. The minimum atomic E-state index is -0.534. The standard InChI is InChI=1S/C26H41N3O4.2ClH/c1-20-18-28(25(31)33-26(3,4)5)19-21(2)29(20)24(30)22-10-12-23(13-11-22)32-17-9-16-27-14-7-6-8-15-27;;/h10-13,20-21H,6-9,14-19H2,1-5H3;2*1H/t20-,21+;;. The fourth-order valence-corrected chi connectivity index (χ4v) is 4.70. The van der Waals surface area contributed by atoms with Crippen molar-refractivity contribution >= 4 is 36.8 Å². The van der Waals surface area contributed by atoms with Crippen LogP contribution in [-0.2, 0) is 4.74 Å². The summed E-state index contributed by atoms with van der Waals surface area (Å²) < 4.78 is 11.4. The molecule has 2 fully saturated rings. The lowest BCUT2D eigenvalue weighted by Crippen LogP contribution is -2.60. The molecular weight excluding hydrogens is 489 g/mol. The second-order valence-corrected chi connectivity index (χ2v) is 10.4. The highest BCUT2D eigenvalue weighted by Crippen LogP contribution is 2.22. The first-order valence-electron chi connectivity index (χ1n) is 12.4. The number of rotatable bonds is 6. The molecule has 1 aromatic carbocycles. The third-order valence-corrected chi connectivity index (χ3v) is 6.24. The molecule has 9 heteroatoms. The molecule has 200 valence electrons. The van der Waals surface area contributed by atoms with Crippen LogP contribution in [0.4, 0.5) is 4.79 Å². The number of benzene rings is 1. The molecule has 0 aromatic heterocycles. The quantitative estimate of drug-likeness (QED) is 0.468. The van der Waals surface area contributed by atoms with Gasteiger partial charge in [0.25, 0.3) is 5.91 Å². The fourth-order valence-electron chi connectivity index (χ4n) is 4.70. The molecule has 2 amide bonds. The van der Waals surface area contributed by atoms with Crippen LogP contribution >= 0.6 is 24.8 Å². The van der Waals surface area contributed by atoms with Gasteiger partial charge in [-0.25, -0.2) is 4.79 Å². The van der Waals surface area contributed by atoms with E-state index < -0.39 is 5.60 Å². The zero-order chi connectivity index (χ0) is 24.0. The molecule has 0 radical (unpaired) electrons. The maximum absolute atomic E-state index is 13.2. The largest absolute Gasteiger partial charge is 0.494 e. The lowest BCUT2D eigenvalue weighted by atomic mass is 10.1. The van der Waals surface area contributed by atoms with Crippen molar-refractivity contribution < 1.29 is 19.1 Å². The molecule has 3 rings (SSSR count). The molecule has 2 aliphatic rings. The van der Waals surface area contributed by atoms with E-state index in [1.54, 1.807) is 4.90 Å². The maximum atomic E-state index is 13.2. The number of amides is 2.